The van der Waals surface area contributed by atoms with E-state index >= 15 is 0 Å². The molecular weight excluding hydrogens is 306 g/mol. The van der Waals surface area contributed by atoms with E-state index < -0.39 is 0 Å². The van der Waals surface area contributed by atoms with Crippen LogP contribution < -0.4 is 20.5 Å². The van der Waals surface area contributed by atoms with Crippen molar-refractivity contribution < 1.29 is 14.3 Å². The normalized spacial score (nSPS) is 11.6. The van der Waals surface area contributed by atoms with Gasteiger partial charge in [-0.15, -0.1) is 0 Å². The number of carbonyl (C=O) groups is 1. The Balaban J connectivity index is 1.95. The van der Waals surface area contributed by atoms with Crippen LogP contribution in [0.3, 0.4) is 0 Å². The van der Waals surface area contributed by atoms with E-state index in [9.17, 15) is 4.79 Å². The number of ether oxygens (including phenoxy) is 2. The van der Waals surface area contributed by atoms with Crippen LogP contribution in [-0.4, -0.2) is 24.0 Å². The highest BCUT2D eigenvalue weighted by Crippen LogP contribution is 2.28. The van der Waals surface area contributed by atoms with E-state index in [0.717, 1.165) is 11.1 Å². The molecule has 0 radical (unpaired) electrons. The Kier molecular flexibility index (Phi) is 6.57. The lowest BCUT2D eigenvalue weighted by Crippen LogP contribution is -2.29. The van der Waals surface area contributed by atoms with E-state index in [4.69, 9.17) is 15.2 Å². The molecule has 2 rings (SSSR count). The smallest absolute Gasteiger partial charge is 0.221 e. The Bertz CT molecular complexity index is 660. The van der Waals surface area contributed by atoms with Gasteiger partial charge in [-0.25, -0.2) is 0 Å². The summed E-state index contributed by atoms with van der Waals surface area (Å²) in [4.78, 5) is 15.7. The van der Waals surface area contributed by atoms with Gasteiger partial charge in [0, 0.05) is 37.0 Å². The fourth-order valence-electron chi connectivity index (χ4n) is 2.15. The Morgan fingerprint density at radius 1 is 1.29 bits per heavy atom. The number of amides is 1. The van der Waals surface area contributed by atoms with Gasteiger partial charge in [-0.3, -0.25) is 9.78 Å². The first kappa shape index (κ1) is 17.7. The fourth-order valence-corrected chi connectivity index (χ4v) is 2.15. The molecule has 6 heteroatoms. The van der Waals surface area contributed by atoms with E-state index in [1.54, 1.807) is 26.4 Å². The third-order valence-corrected chi connectivity index (χ3v) is 3.34. The van der Waals surface area contributed by atoms with Gasteiger partial charge >= 0.3 is 0 Å². The van der Waals surface area contributed by atoms with Gasteiger partial charge in [0.05, 0.1) is 7.11 Å². The Labute approximate surface area is 142 Å². The highest BCUT2D eigenvalue weighted by atomic mass is 16.5. The third-order valence-electron chi connectivity index (χ3n) is 3.34. The summed E-state index contributed by atoms with van der Waals surface area (Å²) in [6.07, 6.45) is 3.79. The molecule has 1 heterocycles. The van der Waals surface area contributed by atoms with Gasteiger partial charge in [0.15, 0.2) is 11.5 Å². The van der Waals surface area contributed by atoms with Crippen LogP contribution in [-0.2, 0) is 17.9 Å². The van der Waals surface area contributed by atoms with Crippen molar-refractivity contribution in [1.82, 2.24) is 10.3 Å². The zero-order chi connectivity index (χ0) is 17.4. The van der Waals surface area contributed by atoms with Crippen LogP contribution in [0.5, 0.6) is 11.5 Å². The van der Waals surface area contributed by atoms with Gasteiger partial charge < -0.3 is 20.5 Å². The molecule has 3 N–H and O–H groups in total. The first-order chi connectivity index (χ1) is 11.6. The molecular formula is C18H23N3O3. The fraction of sp³-hybridized carbons (Fsp3) is 0.333. The number of carbonyl (C=O) groups excluding carboxylic acids is 1. The van der Waals surface area contributed by atoms with E-state index in [0.29, 0.717) is 31.1 Å². The predicted molar refractivity (Wildman–Crippen MR) is 91.7 cm³/mol. The molecule has 2 aromatic rings. The summed E-state index contributed by atoms with van der Waals surface area (Å²) < 4.78 is 11.2. The number of hydrogen-bond acceptors (Lipinski definition) is 5. The molecule has 0 aliphatic carbocycles. The second kappa shape index (κ2) is 8.88. The molecule has 1 unspecified atom stereocenters. The lowest BCUT2D eigenvalue weighted by Gasteiger charge is -2.13. The molecule has 1 aromatic carbocycles. The number of pyridine rings is 1. The first-order valence-electron chi connectivity index (χ1n) is 7.79. The zero-order valence-electron chi connectivity index (χ0n) is 14.0. The van der Waals surface area contributed by atoms with Gasteiger partial charge in [-0.2, -0.15) is 0 Å². The average molecular weight is 329 g/mol. The van der Waals surface area contributed by atoms with Crippen LogP contribution in [0.25, 0.3) is 0 Å². The standard InChI is InChI=1S/C18H23N3O3/c1-13(19)8-18(22)21-11-14-5-6-16(17(9-14)23-2)24-12-15-4-3-7-20-10-15/h3-7,9-10,13H,8,11-12,19H2,1-2H3,(H,21,22). The molecule has 0 aliphatic rings. The van der Waals surface area contributed by atoms with Gasteiger partial charge in [0.2, 0.25) is 5.91 Å². The zero-order valence-corrected chi connectivity index (χ0v) is 14.0. The Hall–Kier alpha value is -2.60. The van der Waals surface area contributed by atoms with Crippen molar-refractivity contribution in [2.24, 2.45) is 5.73 Å². The lowest BCUT2D eigenvalue weighted by molar-refractivity contribution is -0.121. The van der Waals surface area contributed by atoms with E-state index in [1.165, 1.54) is 0 Å². The lowest BCUT2D eigenvalue weighted by atomic mass is 10.2. The van der Waals surface area contributed by atoms with Gasteiger partial charge in [0.25, 0.3) is 0 Å². The highest BCUT2D eigenvalue weighted by Gasteiger charge is 2.08. The summed E-state index contributed by atoms with van der Waals surface area (Å²) in [5, 5.41) is 2.84. The minimum absolute atomic E-state index is 0.0686. The molecule has 128 valence electrons. The molecule has 0 spiro atoms. The van der Waals surface area contributed by atoms with Crippen molar-refractivity contribution in [3.05, 3.63) is 53.9 Å². The van der Waals surface area contributed by atoms with Crippen molar-refractivity contribution >= 4 is 5.91 Å². The van der Waals surface area contributed by atoms with Crippen molar-refractivity contribution in [3.63, 3.8) is 0 Å². The second-order valence-electron chi connectivity index (χ2n) is 5.59. The minimum Gasteiger partial charge on any atom is -0.493 e. The summed E-state index contributed by atoms with van der Waals surface area (Å²) >= 11 is 0. The number of rotatable bonds is 8. The van der Waals surface area contributed by atoms with Crippen LogP contribution in [0.1, 0.15) is 24.5 Å². The van der Waals surface area contributed by atoms with Crippen molar-refractivity contribution in [2.75, 3.05) is 7.11 Å². The highest BCUT2D eigenvalue weighted by molar-refractivity contribution is 5.76. The topological polar surface area (TPSA) is 86.5 Å². The summed E-state index contributed by atoms with van der Waals surface area (Å²) in [5.41, 5.74) is 7.52. The van der Waals surface area contributed by atoms with Crippen LogP contribution in [0, 0.1) is 0 Å². The average Bonchev–Trinajstić information content (AvgIpc) is 2.58. The number of nitrogens with two attached hydrogens (primary N) is 1. The predicted octanol–water partition coefficient (Wildman–Crippen LogP) is 2.02. The summed E-state index contributed by atoms with van der Waals surface area (Å²) in [5.74, 6) is 1.20. The molecule has 0 bridgehead atoms. The van der Waals surface area contributed by atoms with Crippen molar-refractivity contribution in [1.29, 1.82) is 0 Å². The summed E-state index contributed by atoms with van der Waals surface area (Å²) in [6.45, 7) is 2.64. The van der Waals surface area contributed by atoms with Crippen LogP contribution in [0.2, 0.25) is 0 Å². The van der Waals surface area contributed by atoms with Gasteiger partial charge in [-0.05, 0) is 30.7 Å². The number of methoxy groups -OCH3 is 1. The van der Waals surface area contributed by atoms with E-state index in [-0.39, 0.29) is 11.9 Å². The van der Waals surface area contributed by atoms with Crippen LogP contribution >= 0.6 is 0 Å². The molecule has 1 amide bonds. The van der Waals surface area contributed by atoms with Crippen LogP contribution in [0.15, 0.2) is 42.7 Å². The number of nitrogens with one attached hydrogen (secondary N) is 1. The molecule has 6 nitrogen and oxygen atoms in total. The molecule has 1 aromatic heterocycles. The second-order valence-corrected chi connectivity index (χ2v) is 5.59. The van der Waals surface area contributed by atoms with Crippen molar-refractivity contribution in [2.45, 2.75) is 32.5 Å². The number of aromatic nitrogens is 1. The molecule has 0 fully saturated rings. The van der Waals surface area contributed by atoms with Gasteiger partial charge in [-0.1, -0.05) is 12.1 Å². The molecule has 24 heavy (non-hydrogen) atoms. The van der Waals surface area contributed by atoms with Crippen LogP contribution in [0.4, 0.5) is 0 Å². The first-order valence-corrected chi connectivity index (χ1v) is 7.79. The molecule has 0 aliphatic heterocycles. The minimum atomic E-state index is -0.150. The summed E-state index contributed by atoms with van der Waals surface area (Å²) in [7, 11) is 1.59. The number of nitrogens with zero attached hydrogens (tertiary/aromatic N) is 1. The largest absolute Gasteiger partial charge is 0.493 e. The number of hydrogen-bond donors (Lipinski definition) is 2. The Morgan fingerprint density at radius 3 is 2.79 bits per heavy atom. The quantitative estimate of drug-likeness (QED) is 0.774. The molecule has 1 atom stereocenters. The summed E-state index contributed by atoms with van der Waals surface area (Å²) in [6, 6.07) is 9.24. The third kappa shape index (κ3) is 5.55. The molecule has 0 saturated carbocycles. The van der Waals surface area contributed by atoms with Crippen molar-refractivity contribution in [3.8, 4) is 11.5 Å². The monoisotopic (exact) mass is 329 g/mol. The van der Waals surface area contributed by atoms with Gasteiger partial charge in [0.1, 0.15) is 6.61 Å². The SMILES string of the molecule is COc1cc(CNC(=O)CC(C)N)ccc1OCc1cccnc1. The number of benzene rings is 1. The molecule has 0 saturated heterocycles. The maximum Gasteiger partial charge on any atom is 0.221 e. The maximum atomic E-state index is 11.7. The van der Waals surface area contributed by atoms with E-state index in [2.05, 4.69) is 10.3 Å². The maximum absolute atomic E-state index is 11.7. The van der Waals surface area contributed by atoms with E-state index in [1.807, 2.05) is 30.3 Å². The Morgan fingerprint density at radius 2 is 2.12 bits per heavy atom.